The number of carboxylic acids is 1. The molecule has 72 heavy (non-hydrogen) atoms. The number of rotatable bonds is 13. The number of phenols is 2. The number of phenolic OH excluding ortho intramolecular Hbond substituents is 2. The number of primary amides is 1. The van der Waals surface area contributed by atoms with Crippen molar-refractivity contribution in [1.82, 2.24) is 47.4 Å². The molecule has 0 saturated carbocycles. The van der Waals surface area contributed by atoms with Crippen LogP contribution in [0, 0.1) is 5.92 Å². The summed E-state index contributed by atoms with van der Waals surface area (Å²) in [5, 5.41) is 59.2. The fraction of sp³-hybridized carbons (Fsp3) is 0.500. The van der Waals surface area contributed by atoms with Gasteiger partial charge in [0.15, 0.2) is 0 Å². The number of benzene rings is 2. The number of hydrogen-bond donors (Lipinski definition) is 13. The van der Waals surface area contributed by atoms with E-state index in [9.17, 15) is 73.2 Å². The number of fused-ring (bicyclic) bond motifs is 1. The zero-order chi connectivity index (χ0) is 53.2. The predicted molar refractivity (Wildman–Crippen MR) is 256 cm³/mol. The molecule has 2 aliphatic rings. The SMILES string of the molecule is CSCC[C@@H]1NC(=O)[C@@H]2CCCN2C(=O)[C@H](CC(N)=O)NC(=O)[C@H](Cc2ccc(O)cc2)NC(=O)[C@H](Cc2ccc(O)cc2)NC(=O)[C@H](CC(=O)O)NC(=O)[C@H](C(C)C)NC(=O)CNC(=O)[C@H](CO)NC1=O. The van der Waals surface area contributed by atoms with E-state index in [4.69, 9.17) is 5.73 Å². The van der Waals surface area contributed by atoms with Crippen LogP contribution in [0.25, 0.3) is 0 Å². The first-order valence-corrected chi connectivity index (χ1v) is 24.3. The molecular formula is C46H62N10O15S. The molecule has 0 aromatic heterocycles. The number of nitrogens with two attached hydrogens (primary N) is 1. The number of carbonyl (C=O) groups is 11. The number of aliphatic hydroxyl groups excluding tert-OH is 1. The van der Waals surface area contributed by atoms with Gasteiger partial charge in [-0.25, -0.2) is 0 Å². The van der Waals surface area contributed by atoms with Gasteiger partial charge in [-0.3, -0.25) is 52.7 Å². The third-order valence-electron chi connectivity index (χ3n) is 11.6. The molecule has 2 saturated heterocycles. The summed E-state index contributed by atoms with van der Waals surface area (Å²) >= 11 is 1.32. The summed E-state index contributed by atoms with van der Waals surface area (Å²) in [7, 11) is 0. The molecule has 0 aliphatic carbocycles. The number of nitrogens with zero attached hydrogens (tertiary/aromatic N) is 1. The quantitative estimate of drug-likeness (QED) is 0.0914. The first-order chi connectivity index (χ1) is 34.1. The largest absolute Gasteiger partial charge is 0.508 e. The minimum absolute atomic E-state index is 0.0129. The number of hydrogen-bond acceptors (Lipinski definition) is 15. The lowest BCUT2D eigenvalue weighted by molar-refractivity contribution is -0.143. The molecule has 14 N–H and O–H groups in total. The zero-order valence-corrected chi connectivity index (χ0v) is 40.6. The Balaban J connectivity index is 1.82. The van der Waals surface area contributed by atoms with E-state index in [1.807, 2.05) is 0 Å². The van der Waals surface area contributed by atoms with E-state index in [0.29, 0.717) is 16.9 Å². The molecule has 4 rings (SSSR count). The van der Waals surface area contributed by atoms with E-state index in [1.54, 1.807) is 6.26 Å². The van der Waals surface area contributed by atoms with Crippen molar-refractivity contribution < 1.29 is 73.2 Å². The van der Waals surface area contributed by atoms with Crippen LogP contribution in [0.1, 0.15) is 57.1 Å². The Morgan fingerprint density at radius 1 is 0.653 bits per heavy atom. The lowest BCUT2D eigenvalue weighted by Crippen LogP contribution is -2.61. The molecule has 2 fully saturated rings. The topological polar surface area (TPSA) is 394 Å². The van der Waals surface area contributed by atoms with Gasteiger partial charge in [0.25, 0.3) is 0 Å². The van der Waals surface area contributed by atoms with Crippen molar-refractivity contribution in [3.8, 4) is 11.5 Å². The Morgan fingerprint density at radius 2 is 1.14 bits per heavy atom. The monoisotopic (exact) mass is 1030 g/mol. The smallest absolute Gasteiger partial charge is 0.305 e. The zero-order valence-electron chi connectivity index (χ0n) is 39.8. The Bertz CT molecular complexity index is 2320. The minimum atomic E-state index is -1.90. The first kappa shape index (κ1) is 57.1. The van der Waals surface area contributed by atoms with Crippen LogP contribution < -0.4 is 48.3 Å². The summed E-state index contributed by atoms with van der Waals surface area (Å²) in [6.45, 7) is 1.22. The van der Waals surface area contributed by atoms with E-state index in [1.165, 1.54) is 74.1 Å². The minimum Gasteiger partial charge on any atom is -0.508 e. The second-order valence-electron chi connectivity index (χ2n) is 17.5. The summed E-state index contributed by atoms with van der Waals surface area (Å²) in [4.78, 5) is 151. The summed E-state index contributed by atoms with van der Waals surface area (Å²) in [5.74, 6) is -12.3. The average Bonchev–Trinajstić information content (AvgIpc) is 3.83. The Morgan fingerprint density at radius 3 is 1.64 bits per heavy atom. The predicted octanol–water partition coefficient (Wildman–Crippen LogP) is -3.85. The fourth-order valence-corrected chi connectivity index (χ4v) is 8.28. The summed E-state index contributed by atoms with van der Waals surface area (Å²) in [6, 6.07) is -1.73. The standard InChI is InChI=1S/C46H62N10O15S/c1-23(2)38-45(70)52-31(20-37(62)63)43(68)51-29(17-24-6-10-26(58)11-7-24)41(66)50-30(18-25-8-12-27(59)13-9-25)42(67)53-32(19-35(47)60)46(71)56-15-4-5-34(56)44(69)49-28(14-16-72-3)40(65)54-33(22-57)39(64)48-21-36(61)55-38/h6-13,23,28-34,38,57-59H,4-5,14-22H2,1-3H3,(H2,47,60)(H,48,64)(H,49,69)(H,50,66)(H,51,68)(H,52,70)(H,53,67)(H,54,65)(H,55,61)(H,62,63)/t28-,29-,30-,31-,32-,33-,34-,38-/m0/s1. The highest BCUT2D eigenvalue weighted by atomic mass is 32.2. The number of carboxylic acid groups (broad SMARTS) is 1. The molecule has 0 radical (unpaired) electrons. The van der Waals surface area contributed by atoms with Crippen molar-refractivity contribution in [2.24, 2.45) is 11.7 Å². The van der Waals surface area contributed by atoms with Crippen LogP contribution in [0.2, 0.25) is 0 Å². The highest BCUT2D eigenvalue weighted by Crippen LogP contribution is 2.21. The molecule has 0 bridgehead atoms. The second kappa shape index (κ2) is 27.2. The van der Waals surface area contributed by atoms with Crippen molar-refractivity contribution in [3.05, 3.63) is 59.7 Å². The normalized spacial score (nSPS) is 24.8. The molecule has 10 amide bonds. The highest BCUT2D eigenvalue weighted by molar-refractivity contribution is 7.98. The molecule has 26 heteroatoms. The molecule has 2 aliphatic heterocycles. The lowest BCUT2D eigenvalue weighted by atomic mass is 10.0. The maximum Gasteiger partial charge on any atom is 0.305 e. The molecule has 8 atom stereocenters. The number of amides is 10. The van der Waals surface area contributed by atoms with Gasteiger partial charge in [0, 0.05) is 19.4 Å². The molecule has 25 nitrogen and oxygen atoms in total. The van der Waals surface area contributed by atoms with Gasteiger partial charge < -0.3 is 73.6 Å². The van der Waals surface area contributed by atoms with Crippen LogP contribution in [0.5, 0.6) is 11.5 Å². The molecular weight excluding hydrogens is 965 g/mol. The Kier molecular flexibility index (Phi) is 21.6. The van der Waals surface area contributed by atoms with E-state index in [-0.39, 0.29) is 50.1 Å². The van der Waals surface area contributed by atoms with Crippen molar-refractivity contribution in [3.63, 3.8) is 0 Å². The van der Waals surface area contributed by atoms with Gasteiger partial charge in [-0.05, 0) is 72.6 Å². The van der Waals surface area contributed by atoms with Crippen LogP contribution in [-0.2, 0) is 65.6 Å². The van der Waals surface area contributed by atoms with Crippen LogP contribution in [0.4, 0.5) is 0 Å². The van der Waals surface area contributed by atoms with Crippen LogP contribution in [0.15, 0.2) is 48.5 Å². The maximum atomic E-state index is 14.5. The molecule has 392 valence electrons. The van der Waals surface area contributed by atoms with E-state index < -0.39 is 145 Å². The third kappa shape index (κ3) is 17.1. The highest BCUT2D eigenvalue weighted by Gasteiger charge is 2.41. The van der Waals surface area contributed by atoms with Crippen molar-refractivity contribution in [1.29, 1.82) is 0 Å². The summed E-state index contributed by atoms with van der Waals surface area (Å²) < 4.78 is 0. The number of nitrogens with one attached hydrogen (secondary N) is 8. The number of thioether (sulfide) groups is 1. The van der Waals surface area contributed by atoms with E-state index in [0.717, 1.165) is 4.90 Å². The van der Waals surface area contributed by atoms with Gasteiger partial charge in [-0.15, -0.1) is 0 Å². The number of carbonyl (C=O) groups excluding carboxylic acids is 10. The molecule has 0 unspecified atom stereocenters. The van der Waals surface area contributed by atoms with Gasteiger partial charge in [0.1, 0.15) is 59.8 Å². The van der Waals surface area contributed by atoms with Gasteiger partial charge >= 0.3 is 5.97 Å². The first-order valence-electron chi connectivity index (χ1n) is 23.0. The fourth-order valence-electron chi connectivity index (χ4n) is 7.81. The van der Waals surface area contributed by atoms with Crippen molar-refractivity contribution in [2.75, 3.05) is 31.7 Å². The Hall–Kier alpha value is -7.48. The lowest BCUT2D eigenvalue weighted by Gasteiger charge is -2.31. The number of aliphatic carboxylic acids is 1. The molecule has 0 spiro atoms. The molecule has 2 aromatic carbocycles. The second-order valence-corrected chi connectivity index (χ2v) is 18.5. The number of aromatic hydroxyl groups is 2. The van der Waals surface area contributed by atoms with E-state index >= 15 is 0 Å². The van der Waals surface area contributed by atoms with Crippen molar-refractivity contribution >= 4 is 76.8 Å². The van der Waals surface area contributed by atoms with Crippen LogP contribution >= 0.6 is 11.8 Å². The summed E-state index contributed by atoms with van der Waals surface area (Å²) in [5.41, 5.74) is 6.26. The Labute approximate surface area is 417 Å². The van der Waals surface area contributed by atoms with E-state index in [2.05, 4.69) is 42.5 Å². The van der Waals surface area contributed by atoms with Crippen LogP contribution in [0.3, 0.4) is 0 Å². The van der Waals surface area contributed by atoms with Crippen molar-refractivity contribution in [2.45, 2.75) is 107 Å². The van der Waals surface area contributed by atoms with Gasteiger partial charge in [0.05, 0.1) is 26.0 Å². The maximum absolute atomic E-state index is 14.5. The molecule has 2 aromatic rings. The number of aliphatic hydroxyl groups is 1. The average molecular weight is 1030 g/mol. The van der Waals surface area contributed by atoms with Gasteiger partial charge in [-0.1, -0.05) is 38.1 Å². The van der Waals surface area contributed by atoms with Gasteiger partial charge in [-0.2, -0.15) is 11.8 Å². The molecule has 2 heterocycles. The van der Waals surface area contributed by atoms with Gasteiger partial charge in [0.2, 0.25) is 59.1 Å². The summed E-state index contributed by atoms with van der Waals surface area (Å²) in [6.07, 6.45) is -0.409. The van der Waals surface area contributed by atoms with Crippen LogP contribution in [-0.4, -0.2) is 170 Å². The third-order valence-corrected chi connectivity index (χ3v) is 12.3.